The summed E-state index contributed by atoms with van der Waals surface area (Å²) < 4.78 is 0. The van der Waals surface area contributed by atoms with Gasteiger partial charge in [0.25, 0.3) is 5.56 Å². The summed E-state index contributed by atoms with van der Waals surface area (Å²) in [7, 11) is 0. The predicted octanol–water partition coefficient (Wildman–Crippen LogP) is 1.23. The Labute approximate surface area is 108 Å². The number of nitrogens with zero attached hydrogens (tertiary/aromatic N) is 2. The maximum atomic E-state index is 11.5. The van der Waals surface area contributed by atoms with Gasteiger partial charge < -0.3 is 15.2 Å². The summed E-state index contributed by atoms with van der Waals surface area (Å²) in [4.78, 5) is 21.1. The number of hydrogen-bond acceptors (Lipinski definition) is 4. The molecule has 1 fully saturated rings. The molecule has 1 aliphatic heterocycles. The van der Waals surface area contributed by atoms with Gasteiger partial charge in [0, 0.05) is 31.6 Å². The molecule has 1 aromatic heterocycles. The number of aromatic amines is 1. The first-order valence-electron chi connectivity index (χ1n) is 6.80. The van der Waals surface area contributed by atoms with Gasteiger partial charge in [-0.1, -0.05) is 13.8 Å². The van der Waals surface area contributed by atoms with Crippen LogP contribution in [0.15, 0.2) is 10.9 Å². The number of likely N-dealkylation sites (tertiary alicyclic amines) is 1. The second-order valence-electron chi connectivity index (χ2n) is 4.78. The number of anilines is 1. The molecule has 0 amide bonds. The Morgan fingerprint density at radius 1 is 1.44 bits per heavy atom. The fourth-order valence-electron chi connectivity index (χ4n) is 2.35. The van der Waals surface area contributed by atoms with Crippen LogP contribution in [0, 0.1) is 0 Å². The molecule has 0 saturated carbocycles. The minimum absolute atomic E-state index is 0.0738. The lowest BCUT2D eigenvalue weighted by Gasteiger charge is -2.31. The molecule has 18 heavy (non-hydrogen) atoms. The zero-order valence-corrected chi connectivity index (χ0v) is 11.2. The number of aromatic nitrogens is 2. The molecule has 1 aromatic rings. The lowest BCUT2D eigenvalue weighted by Crippen LogP contribution is -2.39. The van der Waals surface area contributed by atoms with Gasteiger partial charge in [0.2, 0.25) is 0 Å². The highest BCUT2D eigenvalue weighted by Crippen LogP contribution is 2.14. The molecular formula is C13H22N4O. The van der Waals surface area contributed by atoms with Gasteiger partial charge in [0.15, 0.2) is 0 Å². The first-order valence-corrected chi connectivity index (χ1v) is 6.80. The van der Waals surface area contributed by atoms with Crippen molar-refractivity contribution in [2.45, 2.75) is 39.2 Å². The maximum Gasteiger partial charge on any atom is 0.252 e. The molecule has 5 nitrogen and oxygen atoms in total. The van der Waals surface area contributed by atoms with Crippen molar-refractivity contribution in [1.29, 1.82) is 0 Å². The van der Waals surface area contributed by atoms with Crippen LogP contribution in [0.4, 0.5) is 5.82 Å². The van der Waals surface area contributed by atoms with E-state index in [1.54, 1.807) is 6.07 Å². The molecule has 0 radical (unpaired) electrons. The lowest BCUT2D eigenvalue weighted by molar-refractivity contribution is 0.229. The van der Waals surface area contributed by atoms with Crippen LogP contribution in [0.2, 0.25) is 0 Å². The number of aryl methyl sites for hydroxylation is 1. The van der Waals surface area contributed by atoms with Gasteiger partial charge in [0.05, 0.1) is 0 Å². The van der Waals surface area contributed by atoms with E-state index in [0.717, 1.165) is 44.7 Å². The van der Waals surface area contributed by atoms with E-state index in [9.17, 15) is 4.79 Å². The first kappa shape index (κ1) is 13.1. The van der Waals surface area contributed by atoms with Crippen molar-refractivity contribution in [3.8, 4) is 0 Å². The largest absolute Gasteiger partial charge is 0.367 e. The van der Waals surface area contributed by atoms with Gasteiger partial charge in [0.1, 0.15) is 11.6 Å². The molecule has 0 unspecified atom stereocenters. The summed E-state index contributed by atoms with van der Waals surface area (Å²) in [5.74, 6) is 1.46. The van der Waals surface area contributed by atoms with Gasteiger partial charge in [-0.3, -0.25) is 4.79 Å². The molecule has 1 aliphatic rings. The molecule has 2 rings (SSSR count). The highest BCUT2D eigenvalue weighted by Gasteiger charge is 2.18. The van der Waals surface area contributed by atoms with Crippen LogP contribution in [-0.4, -0.2) is 40.5 Å². The zero-order chi connectivity index (χ0) is 13.0. The minimum atomic E-state index is -0.0738. The van der Waals surface area contributed by atoms with Gasteiger partial charge in [-0.15, -0.1) is 0 Å². The molecule has 2 heterocycles. The van der Waals surface area contributed by atoms with Crippen molar-refractivity contribution < 1.29 is 0 Å². The Balaban J connectivity index is 1.97. The predicted molar refractivity (Wildman–Crippen MR) is 73.0 cm³/mol. The molecule has 0 aliphatic carbocycles. The molecule has 2 N–H and O–H groups in total. The molecule has 0 spiro atoms. The van der Waals surface area contributed by atoms with Crippen molar-refractivity contribution in [3.63, 3.8) is 0 Å². The van der Waals surface area contributed by atoms with E-state index in [0.29, 0.717) is 11.9 Å². The first-order chi connectivity index (χ1) is 8.71. The van der Waals surface area contributed by atoms with Gasteiger partial charge >= 0.3 is 0 Å². The summed E-state index contributed by atoms with van der Waals surface area (Å²) in [6.45, 7) is 7.55. The fourth-order valence-corrected chi connectivity index (χ4v) is 2.35. The van der Waals surface area contributed by atoms with Crippen LogP contribution in [0.3, 0.4) is 0 Å². The van der Waals surface area contributed by atoms with E-state index >= 15 is 0 Å². The topological polar surface area (TPSA) is 61.0 Å². The van der Waals surface area contributed by atoms with Crippen LogP contribution in [0.25, 0.3) is 0 Å². The summed E-state index contributed by atoms with van der Waals surface area (Å²) in [5.41, 5.74) is -0.0738. The third kappa shape index (κ3) is 3.32. The fraction of sp³-hybridized carbons (Fsp3) is 0.692. The lowest BCUT2D eigenvalue weighted by atomic mass is 10.1. The SMILES string of the molecule is CCc1nc(NC2CCN(CC)CC2)cc(=O)[nH]1. The Morgan fingerprint density at radius 3 is 2.78 bits per heavy atom. The average Bonchev–Trinajstić information content (AvgIpc) is 2.39. The normalized spacial score (nSPS) is 17.9. The van der Waals surface area contributed by atoms with Gasteiger partial charge in [-0.05, 0) is 19.4 Å². The highest BCUT2D eigenvalue weighted by molar-refractivity contribution is 5.34. The summed E-state index contributed by atoms with van der Waals surface area (Å²) in [6, 6.07) is 1.98. The molecule has 0 bridgehead atoms. The Kier molecular flexibility index (Phi) is 4.36. The number of H-pyrrole nitrogens is 1. The standard InChI is InChI=1S/C13H22N4O/c1-3-11-15-12(9-13(18)16-11)14-10-5-7-17(4-2)8-6-10/h9-10H,3-8H2,1-2H3,(H2,14,15,16,18). The number of piperidine rings is 1. The van der Waals surface area contributed by atoms with Gasteiger partial charge in [-0.2, -0.15) is 0 Å². The highest BCUT2D eigenvalue weighted by atomic mass is 16.1. The smallest absolute Gasteiger partial charge is 0.252 e. The van der Waals surface area contributed by atoms with E-state index < -0.39 is 0 Å². The van der Waals surface area contributed by atoms with Crippen molar-refractivity contribution in [3.05, 3.63) is 22.2 Å². The van der Waals surface area contributed by atoms with E-state index in [-0.39, 0.29) is 5.56 Å². The Bertz CT molecular complexity index is 435. The number of nitrogens with one attached hydrogen (secondary N) is 2. The number of rotatable bonds is 4. The third-order valence-electron chi connectivity index (χ3n) is 3.51. The second-order valence-corrected chi connectivity index (χ2v) is 4.78. The summed E-state index contributed by atoms with van der Waals surface area (Å²) in [6.07, 6.45) is 2.98. The van der Waals surface area contributed by atoms with Crippen LogP contribution in [-0.2, 0) is 6.42 Å². The van der Waals surface area contributed by atoms with Crippen LogP contribution < -0.4 is 10.9 Å². The van der Waals surface area contributed by atoms with Crippen LogP contribution >= 0.6 is 0 Å². The van der Waals surface area contributed by atoms with E-state index in [4.69, 9.17) is 0 Å². The van der Waals surface area contributed by atoms with E-state index in [1.807, 2.05) is 6.92 Å². The monoisotopic (exact) mass is 250 g/mol. The van der Waals surface area contributed by atoms with Crippen LogP contribution in [0.1, 0.15) is 32.5 Å². The molecule has 100 valence electrons. The minimum Gasteiger partial charge on any atom is -0.367 e. The molecule has 0 aromatic carbocycles. The van der Waals surface area contributed by atoms with Gasteiger partial charge in [-0.25, -0.2) is 4.98 Å². The second kappa shape index (κ2) is 6.00. The van der Waals surface area contributed by atoms with Crippen LogP contribution in [0.5, 0.6) is 0 Å². The van der Waals surface area contributed by atoms with E-state index in [2.05, 4.69) is 27.1 Å². The third-order valence-corrected chi connectivity index (χ3v) is 3.51. The molecule has 0 atom stereocenters. The van der Waals surface area contributed by atoms with Crippen molar-refractivity contribution >= 4 is 5.82 Å². The molecular weight excluding hydrogens is 228 g/mol. The molecule has 5 heteroatoms. The quantitative estimate of drug-likeness (QED) is 0.843. The summed E-state index contributed by atoms with van der Waals surface area (Å²) >= 11 is 0. The van der Waals surface area contributed by atoms with Crippen molar-refractivity contribution in [2.75, 3.05) is 25.0 Å². The maximum absolute atomic E-state index is 11.5. The Hall–Kier alpha value is -1.36. The van der Waals surface area contributed by atoms with Crippen molar-refractivity contribution in [1.82, 2.24) is 14.9 Å². The summed E-state index contributed by atoms with van der Waals surface area (Å²) in [5, 5.41) is 3.38. The molecule has 1 saturated heterocycles. The number of hydrogen-bond donors (Lipinski definition) is 2. The zero-order valence-electron chi connectivity index (χ0n) is 11.2. The van der Waals surface area contributed by atoms with E-state index in [1.165, 1.54) is 0 Å². The Morgan fingerprint density at radius 2 is 2.17 bits per heavy atom. The van der Waals surface area contributed by atoms with Crippen molar-refractivity contribution in [2.24, 2.45) is 0 Å². The average molecular weight is 250 g/mol.